The van der Waals surface area contributed by atoms with Gasteiger partial charge in [0, 0.05) is 31.9 Å². The molecule has 0 radical (unpaired) electrons. The zero-order valence-electron chi connectivity index (χ0n) is 9.82. The summed E-state index contributed by atoms with van der Waals surface area (Å²) in [5.74, 6) is 1.29. The molecular formula is C13H19N3. The van der Waals surface area contributed by atoms with E-state index in [4.69, 9.17) is 5.41 Å². The van der Waals surface area contributed by atoms with Gasteiger partial charge >= 0.3 is 0 Å². The first-order chi connectivity index (χ1) is 7.77. The molecule has 1 aromatic rings. The van der Waals surface area contributed by atoms with Crippen LogP contribution in [0.15, 0.2) is 24.5 Å². The number of nitrogens with zero attached hydrogens (tertiary/aromatic N) is 2. The standard InChI is InChI=1S/C13H19N3/c1-16(10-11-6-8-15-9-7-11)13(14)12-4-2-3-5-12/h6-9,12,14H,2-5,10H2,1H3. The van der Waals surface area contributed by atoms with Crippen molar-refractivity contribution in [3.8, 4) is 0 Å². The van der Waals surface area contributed by atoms with Crippen LogP contribution in [-0.2, 0) is 6.54 Å². The minimum atomic E-state index is 0.492. The van der Waals surface area contributed by atoms with Gasteiger partial charge in [0.2, 0.25) is 0 Å². The number of hydrogen-bond donors (Lipinski definition) is 1. The fourth-order valence-corrected chi connectivity index (χ4v) is 2.36. The van der Waals surface area contributed by atoms with E-state index in [0.717, 1.165) is 12.4 Å². The molecule has 0 unspecified atom stereocenters. The van der Waals surface area contributed by atoms with Crippen LogP contribution >= 0.6 is 0 Å². The average molecular weight is 217 g/mol. The molecule has 0 atom stereocenters. The molecule has 16 heavy (non-hydrogen) atoms. The Kier molecular flexibility index (Phi) is 3.54. The van der Waals surface area contributed by atoms with Crippen molar-refractivity contribution in [3.05, 3.63) is 30.1 Å². The van der Waals surface area contributed by atoms with E-state index in [1.54, 1.807) is 0 Å². The van der Waals surface area contributed by atoms with Gasteiger partial charge in [-0.15, -0.1) is 0 Å². The SMILES string of the molecule is CN(Cc1ccncc1)C(=N)C1CCCC1. The topological polar surface area (TPSA) is 40.0 Å². The van der Waals surface area contributed by atoms with Gasteiger partial charge in [0.1, 0.15) is 0 Å². The van der Waals surface area contributed by atoms with Crippen LogP contribution in [0.4, 0.5) is 0 Å². The molecule has 0 aliphatic heterocycles. The minimum Gasteiger partial charge on any atom is -0.359 e. The van der Waals surface area contributed by atoms with Crippen molar-refractivity contribution in [3.63, 3.8) is 0 Å². The van der Waals surface area contributed by atoms with Crippen molar-refractivity contribution < 1.29 is 0 Å². The highest BCUT2D eigenvalue weighted by molar-refractivity contribution is 5.81. The molecule has 3 heteroatoms. The first kappa shape index (κ1) is 11.1. The molecule has 1 aliphatic carbocycles. The third-order valence-electron chi connectivity index (χ3n) is 3.32. The Morgan fingerprint density at radius 3 is 2.62 bits per heavy atom. The number of amidine groups is 1. The van der Waals surface area contributed by atoms with Crippen molar-refractivity contribution in [1.82, 2.24) is 9.88 Å². The summed E-state index contributed by atoms with van der Waals surface area (Å²) in [5, 5.41) is 8.15. The van der Waals surface area contributed by atoms with Crippen LogP contribution in [-0.4, -0.2) is 22.8 Å². The molecule has 1 heterocycles. The normalized spacial score (nSPS) is 16.3. The number of pyridine rings is 1. The summed E-state index contributed by atoms with van der Waals surface area (Å²) in [7, 11) is 2.01. The molecule has 3 nitrogen and oxygen atoms in total. The van der Waals surface area contributed by atoms with Gasteiger partial charge in [-0.05, 0) is 30.5 Å². The highest BCUT2D eigenvalue weighted by Gasteiger charge is 2.22. The number of hydrogen-bond acceptors (Lipinski definition) is 2. The second-order valence-electron chi connectivity index (χ2n) is 4.58. The van der Waals surface area contributed by atoms with Crippen molar-refractivity contribution >= 4 is 5.84 Å². The zero-order chi connectivity index (χ0) is 11.4. The van der Waals surface area contributed by atoms with Gasteiger partial charge in [0.15, 0.2) is 0 Å². The van der Waals surface area contributed by atoms with Gasteiger partial charge in [-0.1, -0.05) is 12.8 Å². The lowest BCUT2D eigenvalue weighted by molar-refractivity contribution is 0.455. The van der Waals surface area contributed by atoms with Crippen LogP contribution in [0, 0.1) is 11.3 Å². The molecule has 1 N–H and O–H groups in total. The summed E-state index contributed by atoms with van der Waals surface area (Å²) in [5.41, 5.74) is 1.22. The minimum absolute atomic E-state index is 0.492. The summed E-state index contributed by atoms with van der Waals surface area (Å²) in [4.78, 5) is 6.06. The maximum Gasteiger partial charge on any atom is 0.0989 e. The van der Waals surface area contributed by atoms with E-state index >= 15 is 0 Å². The smallest absolute Gasteiger partial charge is 0.0989 e. The molecule has 0 spiro atoms. The lowest BCUT2D eigenvalue weighted by Crippen LogP contribution is -2.30. The second-order valence-corrected chi connectivity index (χ2v) is 4.58. The van der Waals surface area contributed by atoms with Crippen LogP contribution in [0.2, 0.25) is 0 Å². The first-order valence-corrected chi connectivity index (χ1v) is 5.96. The van der Waals surface area contributed by atoms with Crippen molar-refractivity contribution in [1.29, 1.82) is 5.41 Å². The number of aromatic nitrogens is 1. The van der Waals surface area contributed by atoms with E-state index in [0.29, 0.717) is 5.92 Å². The van der Waals surface area contributed by atoms with Gasteiger partial charge in [0.25, 0.3) is 0 Å². The second kappa shape index (κ2) is 5.10. The molecule has 2 rings (SSSR count). The molecule has 0 aromatic carbocycles. The zero-order valence-corrected chi connectivity index (χ0v) is 9.82. The van der Waals surface area contributed by atoms with Crippen molar-refractivity contribution in [2.75, 3.05) is 7.05 Å². The first-order valence-electron chi connectivity index (χ1n) is 5.96. The maximum atomic E-state index is 8.15. The molecule has 1 saturated carbocycles. The van der Waals surface area contributed by atoms with E-state index in [1.165, 1.54) is 31.2 Å². The van der Waals surface area contributed by atoms with Gasteiger partial charge in [-0.3, -0.25) is 10.4 Å². The predicted octanol–water partition coefficient (Wildman–Crippen LogP) is 2.68. The van der Waals surface area contributed by atoms with Gasteiger partial charge < -0.3 is 4.90 Å². The van der Waals surface area contributed by atoms with Gasteiger partial charge in [-0.2, -0.15) is 0 Å². The Balaban J connectivity index is 1.92. The molecular weight excluding hydrogens is 198 g/mol. The lowest BCUT2D eigenvalue weighted by Gasteiger charge is -2.24. The maximum absolute atomic E-state index is 8.15. The monoisotopic (exact) mass is 217 g/mol. The molecule has 0 saturated heterocycles. The quantitative estimate of drug-likeness (QED) is 0.624. The van der Waals surface area contributed by atoms with Crippen LogP contribution in [0.1, 0.15) is 31.2 Å². The summed E-state index contributed by atoms with van der Waals surface area (Å²) in [6, 6.07) is 4.02. The molecule has 1 aromatic heterocycles. The summed E-state index contributed by atoms with van der Waals surface area (Å²) < 4.78 is 0. The van der Waals surface area contributed by atoms with Crippen LogP contribution < -0.4 is 0 Å². The summed E-state index contributed by atoms with van der Waals surface area (Å²) in [6.07, 6.45) is 8.58. The Morgan fingerprint density at radius 1 is 1.38 bits per heavy atom. The van der Waals surface area contributed by atoms with E-state index < -0.39 is 0 Å². The predicted molar refractivity (Wildman–Crippen MR) is 65.4 cm³/mol. The third kappa shape index (κ3) is 2.60. The Morgan fingerprint density at radius 2 is 2.00 bits per heavy atom. The van der Waals surface area contributed by atoms with Gasteiger partial charge in [-0.25, -0.2) is 0 Å². The van der Waals surface area contributed by atoms with Gasteiger partial charge in [0.05, 0.1) is 5.84 Å². The Labute approximate surface area is 97.0 Å². The summed E-state index contributed by atoms with van der Waals surface area (Å²) in [6.45, 7) is 0.817. The molecule has 0 bridgehead atoms. The summed E-state index contributed by atoms with van der Waals surface area (Å²) >= 11 is 0. The number of nitrogens with one attached hydrogen (secondary N) is 1. The fourth-order valence-electron chi connectivity index (χ4n) is 2.36. The molecule has 86 valence electrons. The van der Waals surface area contributed by atoms with E-state index in [9.17, 15) is 0 Å². The van der Waals surface area contributed by atoms with Crippen LogP contribution in [0.5, 0.6) is 0 Å². The van der Waals surface area contributed by atoms with Crippen molar-refractivity contribution in [2.45, 2.75) is 32.2 Å². The molecule has 1 fully saturated rings. The highest BCUT2D eigenvalue weighted by Crippen LogP contribution is 2.26. The molecule has 0 amide bonds. The fraction of sp³-hybridized carbons (Fsp3) is 0.538. The average Bonchev–Trinajstić information content (AvgIpc) is 2.83. The Bertz CT molecular complexity index is 341. The highest BCUT2D eigenvalue weighted by atomic mass is 15.1. The van der Waals surface area contributed by atoms with Crippen LogP contribution in [0.3, 0.4) is 0 Å². The third-order valence-corrected chi connectivity index (χ3v) is 3.32. The van der Waals surface area contributed by atoms with E-state index in [1.807, 2.05) is 31.6 Å². The van der Waals surface area contributed by atoms with Crippen LogP contribution in [0.25, 0.3) is 0 Å². The lowest BCUT2D eigenvalue weighted by atomic mass is 10.1. The largest absolute Gasteiger partial charge is 0.359 e. The number of rotatable bonds is 3. The van der Waals surface area contributed by atoms with E-state index in [2.05, 4.69) is 9.88 Å². The van der Waals surface area contributed by atoms with E-state index in [-0.39, 0.29) is 0 Å². The Hall–Kier alpha value is -1.38. The van der Waals surface area contributed by atoms with Crippen molar-refractivity contribution in [2.24, 2.45) is 5.92 Å². The molecule has 1 aliphatic rings.